The van der Waals surface area contributed by atoms with Gasteiger partial charge >= 0.3 is 17.9 Å². The minimum absolute atomic E-state index is 0.0504. The lowest BCUT2D eigenvalue weighted by molar-refractivity contribution is -0.139. The van der Waals surface area contributed by atoms with Crippen LogP contribution in [-0.4, -0.2) is 34.7 Å². The largest absolute Gasteiger partial charge is 0.478 e. The van der Waals surface area contributed by atoms with Crippen LogP contribution in [0.1, 0.15) is 149 Å². The third-order valence-electron chi connectivity index (χ3n) is 6.09. The fourth-order valence-electron chi connectivity index (χ4n) is 3.71. The molecule has 0 aromatic carbocycles. The highest BCUT2D eigenvalue weighted by atomic mass is 16.5. The van der Waals surface area contributed by atoms with Gasteiger partial charge in [-0.1, -0.05) is 143 Å². The van der Waals surface area contributed by atoms with Crippen LogP contribution in [0, 0.1) is 0 Å². The Hall–Kier alpha value is -2.37. The molecule has 0 amide bonds. The first-order valence-electron chi connectivity index (χ1n) is 15.4. The lowest BCUT2D eigenvalue weighted by atomic mass is 10.0. The molecular weight excluding hydrogens is 492 g/mol. The molecule has 0 atom stereocenters. The summed E-state index contributed by atoms with van der Waals surface area (Å²) in [6.07, 6.45) is 28.7. The molecule has 228 valence electrons. The van der Waals surface area contributed by atoms with Crippen molar-refractivity contribution in [2.24, 2.45) is 0 Å². The number of ether oxygens (including phenoxy) is 1. The quantitative estimate of drug-likeness (QED) is 0.0702. The summed E-state index contributed by atoms with van der Waals surface area (Å²) in [6.45, 7) is 13.2. The van der Waals surface area contributed by atoms with E-state index in [1.165, 1.54) is 96.3 Å². The molecule has 2 N–H and O–H groups in total. The van der Waals surface area contributed by atoms with Gasteiger partial charge in [-0.2, -0.15) is 0 Å². The first-order chi connectivity index (χ1) is 18.8. The number of hydrogen-bond donors (Lipinski definition) is 2. The Morgan fingerprint density at radius 1 is 0.590 bits per heavy atom. The summed E-state index contributed by atoms with van der Waals surface area (Å²) in [5.74, 6) is -2.01. The van der Waals surface area contributed by atoms with E-state index in [0.29, 0.717) is 6.61 Å². The highest BCUT2D eigenvalue weighted by Gasteiger charge is 2.10. The van der Waals surface area contributed by atoms with Gasteiger partial charge in [-0.25, -0.2) is 14.4 Å². The summed E-state index contributed by atoms with van der Waals surface area (Å²) < 4.78 is 5.60. The summed E-state index contributed by atoms with van der Waals surface area (Å²) >= 11 is 0. The van der Waals surface area contributed by atoms with E-state index in [-0.39, 0.29) is 5.97 Å². The molecule has 0 heterocycles. The third-order valence-corrected chi connectivity index (χ3v) is 6.09. The second kappa shape index (κ2) is 35.6. The number of esters is 1. The van der Waals surface area contributed by atoms with Crippen molar-refractivity contribution in [1.82, 2.24) is 0 Å². The molecule has 0 aromatic rings. The van der Waals surface area contributed by atoms with Crippen molar-refractivity contribution in [2.75, 3.05) is 6.61 Å². The number of carbonyl (C=O) groups excluding carboxylic acids is 1. The first-order valence-corrected chi connectivity index (χ1v) is 15.4. The predicted octanol–water partition coefficient (Wildman–Crippen LogP) is 9.83. The number of hydrogen-bond acceptors (Lipinski definition) is 4. The number of allylic oxidation sites excluding steroid dienone is 1. The molecule has 6 nitrogen and oxygen atoms in total. The van der Waals surface area contributed by atoms with Gasteiger partial charge in [0.15, 0.2) is 0 Å². The maximum atomic E-state index is 12.5. The number of carboxylic acids is 2. The molecule has 0 aliphatic rings. The fourth-order valence-corrected chi connectivity index (χ4v) is 3.71. The molecule has 0 saturated heterocycles. The van der Waals surface area contributed by atoms with E-state index < -0.39 is 11.9 Å². The van der Waals surface area contributed by atoms with Crippen molar-refractivity contribution in [3.63, 3.8) is 0 Å². The van der Waals surface area contributed by atoms with E-state index in [2.05, 4.69) is 40.0 Å². The van der Waals surface area contributed by atoms with E-state index in [1.807, 2.05) is 0 Å². The summed E-state index contributed by atoms with van der Waals surface area (Å²) in [7, 11) is 0. The van der Waals surface area contributed by atoms with E-state index in [1.54, 1.807) is 0 Å². The number of aliphatic carboxylic acids is 2. The Balaban J connectivity index is -0.00000109. The van der Waals surface area contributed by atoms with Gasteiger partial charge < -0.3 is 14.9 Å². The average molecular weight is 553 g/mol. The Kier molecular flexibility index (Phi) is 37.6. The van der Waals surface area contributed by atoms with Crippen molar-refractivity contribution in [3.8, 4) is 0 Å². The molecule has 0 unspecified atom stereocenters. The number of unbranched alkanes of at least 4 members (excludes halogenated alkanes) is 16. The monoisotopic (exact) mass is 552 g/mol. The Morgan fingerprint density at radius 2 is 0.949 bits per heavy atom. The van der Waals surface area contributed by atoms with Crippen molar-refractivity contribution in [3.05, 3.63) is 37.0 Å². The van der Waals surface area contributed by atoms with Crippen LogP contribution >= 0.6 is 0 Å². The molecule has 0 bridgehead atoms. The lowest BCUT2D eigenvalue weighted by Crippen LogP contribution is -2.09. The average Bonchev–Trinajstić information content (AvgIpc) is 2.93. The molecule has 0 fully saturated rings. The standard InChI is InChI=1S/C27H52O2.2C3H4O2/c1-4-7-10-12-14-15-16-17-19-22-25-29-27(28)26(23-20-9-6-3)24-21-18-13-11-8-5-2;2*1-2-3(4)5/h23H,4-22,24-25H2,1-3H3;2*2H,1H2,(H,4,5). The highest BCUT2D eigenvalue weighted by molar-refractivity contribution is 5.88. The molecule has 0 radical (unpaired) electrons. The van der Waals surface area contributed by atoms with Crippen molar-refractivity contribution < 1.29 is 29.3 Å². The highest BCUT2D eigenvalue weighted by Crippen LogP contribution is 2.16. The van der Waals surface area contributed by atoms with Crippen LogP contribution in [0.15, 0.2) is 37.0 Å². The number of carbonyl (C=O) groups is 3. The van der Waals surface area contributed by atoms with Gasteiger partial charge in [0, 0.05) is 17.7 Å². The number of carboxylic acid groups (broad SMARTS) is 2. The smallest absolute Gasteiger partial charge is 0.333 e. The van der Waals surface area contributed by atoms with Crippen LogP contribution in [0.3, 0.4) is 0 Å². The topological polar surface area (TPSA) is 101 Å². The molecule has 6 heteroatoms. The second-order valence-corrected chi connectivity index (χ2v) is 9.79. The molecule has 0 aliphatic heterocycles. The normalized spacial score (nSPS) is 10.4. The molecule has 0 aromatic heterocycles. The van der Waals surface area contributed by atoms with Gasteiger partial charge in [0.1, 0.15) is 0 Å². The van der Waals surface area contributed by atoms with Gasteiger partial charge in [-0.05, 0) is 25.7 Å². The molecule has 0 rings (SSSR count). The van der Waals surface area contributed by atoms with E-state index >= 15 is 0 Å². The van der Waals surface area contributed by atoms with Crippen LogP contribution in [0.4, 0.5) is 0 Å². The predicted molar refractivity (Wildman–Crippen MR) is 164 cm³/mol. The second-order valence-electron chi connectivity index (χ2n) is 9.79. The van der Waals surface area contributed by atoms with E-state index in [4.69, 9.17) is 14.9 Å². The zero-order chi connectivity index (χ0) is 30.0. The third kappa shape index (κ3) is 40.3. The SMILES string of the molecule is C=CC(=O)O.C=CC(=O)O.CCCCC=C(CCCCCCCC)C(=O)OCCCCCCCCCCCC. The van der Waals surface area contributed by atoms with Gasteiger partial charge in [0.2, 0.25) is 0 Å². The Labute approximate surface area is 240 Å². The lowest BCUT2D eigenvalue weighted by Gasteiger charge is -2.09. The maximum absolute atomic E-state index is 12.5. The zero-order valence-corrected chi connectivity index (χ0v) is 25.5. The Bertz CT molecular complexity index is 606. The van der Waals surface area contributed by atoms with Crippen molar-refractivity contribution >= 4 is 17.9 Å². The molecule has 39 heavy (non-hydrogen) atoms. The van der Waals surface area contributed by atoms with Crippen LogP contribution in [0.25, 0.3) is 0 Å². The molecule has 0 aliphatic carbocycles. The minimum atomic E-state index is -0.981. The van der Waals surface area contributed by atoms with E-state index in [0.717, 1.165) is 49.8 Å². The van der Waals surface area contributed by atoms with Gasteiger partial charge in [-0.3, -0.25) is 0 Å². The molecular formula is C33H60O6. The minimum Gasteiger partial charge on any atom is -0.478 e. The summed E-state index contributed by atoms with van der Waals surface area (Å²) in [6, 6.07) is 0. The van der Waals surface area contributed by atoms with Gasteiger partial charge in [0.25, 0.3) is 0 Å². The van der Waals surface area contributed by atoms with E-state index in [9.17, 15) is 14.4 Å². The van der Waals surface area contributed by atoms with Crippen LogP contribution in [-0.2, 0) is 19.1 Å². The molecule has 0 spiro atoms. The summed E-state index contributed by atoms with van der Waals surface area (Å²) in [4.78, 5) is 31.0. The fraction of sp³-hybridized carbons (Fsp3) is 0.727. The zero-order valence-electron chi connectivity index (χ0n) is 25.5. The van der Waals surface area contributed by atoms with Crippen molar-refractivity contribution in [2.45, 2.75) is 149 Å². The first kappa shape index (κ1) is 41.1. The summed E-state index contributed by atoms with van der Waals surface area (Å²) in [5, 5.41) is 15.2. The van der Waals surface area contributed by atoms with Gasteiger partial charge in [0.05, 0.1) is 6.61 Å². The van der Waals surface area contributed by atoms with Crippen LogP contribution in [0.5, 0.6) is 0 Å². The number of rotatable bonds is 24. The molecule has 0 saturated carbocycles. The van der Waals surface area contributed by atoms with Crippen LogP contribution < -0.4 is 0 Å². The Morgan fingerprint density at radius 3 is 1.33 bits per heavy atom. The van der Waals surface area contributed by atoms with Crippen LogP contribution in [0.2, 0.25) is 0 Å². The van der Waals surface area contributed by atoms with Gasteiger partial charge in [-0.15, -0.1) is 0 Å². The summed E-state index contributed by atoms with van der Waals surface area (Å²) in [5.41, 5.74) is 0.932. The van der Waals surface area contributed by atoms with Crippen molar-refractivity contribution in [1.29, 1.82) is 0 Å². The maximum Gasteiger partial charge on any atom is 0.333 e.